The number of anilines is 1. The quantitative estimate of drug-likeness (QED) is 0.867. The summed E-state index contributed by atoms with van der Waals surface area (Å²) in [6.07, 6.45) is 4.14. The molecule has 0 aromatic carbocycles. The van der Waals surface area contributed by atoms with E-state index in [1.807, 2.05) is 30.5 Å². The third kappa shape index (κ3) is 3.20. The molecule has 0 aliphatic carbocycles. The Hall–Kier alpha value is -1.72. The van der Waals surface area contributed by atoms with E-state index in [0.717, 1.165) is 17.7 Å². The highest BCUT2D eigenvalue weighted by molar-refractivity contribution is 7.07. The van der Waals surface area contributed by atoms with Crippen LogP contribution in [0.25, 0.3) is 0 Å². The van der Waals surface area contributed by atoms with Gasteiger partial charge in [0.2, 0.25) is 0 Å². The van der Waals surface area contributed by atoms with Gasteiger partial charge in [0.1, 0.15) is 6.10 Å². The maximum atomic E-state index is 13.0. The zero-order valence-electron chi connectivity index (χ0n) is 12.8. The van der Waals surface area contributed by atoms with Gasteiger partial charge >= 0.3 is 0 Å². The first-order valence-electron chi connectivity index (χ1n) is 7.53. The fraction of sp³-hybridized carbons (Fsp3) is 0.412. The zero-order valence-corrected chi connectivity index (χ0v) is 13.6. The van der Waals surface area contributed by atoms with Crippen LogP contribution in [0.5, 0.6) is 0 Å². The average Bonchev–Trinajstić information content (AvgIpc) is 3.14. The molecule has 1 fully saturated rings. The molecule has 0 bridgehead atoms. The zero-order chi connectivity index (χ0) is 15.5. The van der Waals surface area contributed by atoms with Gasteiger partial charge in [-0.15, -0.1) is 0 Å². The van der Waals surface area contributed by atoms with Gasteiger partial charge in [-0.2, -0.15) is 11.3 Å². The summed E-state index contributed by atoms with van der Waals surface area (Å²) >= 11 is 1.64. The smallest absolute Gasteiger partial charge is 0.256 e. The summed E-state index contributed by atoms with van der Waals surface area (Å²) in [5.74, 6) is 0.264. The molecule has 0 spiro atoms. The summed E-state index contributed by atoms with van der Waals surface area (Å²) in [5.41, 5.74) is 1.94. The van der Waals surface area contributed by atoms with Crippen LogP contribution in [0.3, 0.4) is 0 Å². The summed E-state index contributed by atoms with van der Waals surface area (Å²) in [4.78, 5) is 18.9. The fourth-order valence-corrected chi connectivity index (χ4v) is 3.58. The van der Waals surface area contributed by atoms with E-state index in [1.165, 1.54) is 0 Å². The molecule has 0 radical (unpaired) electrons. The molecular formula is C17H20N2O2S. The van der Waals surface area contributed by atoms with Crippen molar-refractivity contribution in [3.8, 4) is 0 Å². The number of aromatic nitrogens is 1. The minimum Gasteiger partial charge on any atom is -0.365 e. The van der Waals surface area contributed by atoms with Crippen molar-refractivity contribution in [2.45, 2.75) is 39.0 Å². The molecule has 5 heteroatoms. The molecule has 3 rings (SSSR count). The Bertz CT molecular complexity index is 615. The number of amides is 1. The first-order valence-corrected chi connectivity index (χ1v) is 8.47. The first-order chi connectivity index (χ1) is 10.6. The van der Waals surface area contributed by atoms with Crippen molar-refractivity contribution in [3.05, 3.63) is 46.9 Å². The maximum absolute atomic E-state index is 13.0. The Kier molecular flexibility index (Phi) is 4.55. The monoisotopic (exact) mass is 316 g/mol. The lowest BCUT2D eigenvalue weighted by Gasteiger charge is -2.26. The molecule has 3 atom stereocenters. The maximum Gasteiger partial charge on any atom is 0.256 e. The molecule has 116 valence electrons. The van der Waals surface area contributed by atoms with Crippen molar-refractivity contribution in [3.63, 3.8) is 0 Å². The van der Waals surface area contributed by atoms with Gasteiger partial charge in [0.25, 0.3) is 5.91 Å². The summed E-state index contributed by atoms with van der Waals surface area (Å²) < 4.78 is 5.85. The second-order valence-electron chi connectivity index (χ2n) is 5.85. The highest BCUT2D eigenvalue weighted by Gasteiger charge is 2.38. The van der Waals surface area contributed by atoms with Crippen molar-refractivity contribution in [2.24, 2.45) is 5.92 Å². The van der Waals surface area contributed by atoms with Gasteiger partial charge in [-0.1, -0.05) is 6.92 Å². The number of nitrogens with zero attached hydrogens (tertiary/aromatic N) is 2. The van der Waals surface area contributed by atoms with Crippen LogP contribution in [0.15, 0.2) is 41.4 Å². The molecule has 2 aromatic rings. The number of hydrogen-bond donors (Lipinski definition) is 0. The highest BCUT2D eigenvalue weighted by Crippen LogP contribution is 2.29. The third-order valence-corrected chi connectivity index (χ3v) is 4.72. The molecule has 0 unspecified atom stereocenters. The van der Waals surface area contributed by atoms with Crippen molar-refractivity contribution >= 4 is 22.9 Å². The Morgan fingerprint density at radius 2 is 2.32 bits per heavy atom. The van der Waals surface area contributed by atoms with E-state index in [1.54, 1.807) is 28.6 Å². The molecular weight excluding hydrogens is 296 g/mol. The van der Waals surface area contributed by atoms with Gasteiger partial charge in [-0.25, -0.2) is 0 Å². The normalized spacial score (nSPS) is 24.4. The molecule has 1 aliphatic heterocycles. The summed E-state index contributed by atoms with van der Waals surface area (Å²) in [6, 6.07) is 5.81. The van der Waals surface area contributed by atoms with Gasteiger partial charge in [-0.3, -0.25) is 9.78 Å². The third-order valence-electron chi connectivity index (χ3n) is 3.99. The number of carbonyl (C=O) groups excluding carboxylic acids is 1. The second kappa shape index (κ2) is 6.58. The standard InChI is InChI=1S/C17H20N2O2S/c1-12-8-13(2)21-16(12)17(20)19(10-14-5-7-22-11-14)15-4-3-6-18-9-15/h3-7,9,11-13,16H,8,10H2,1-2H3/t12-,13+,16+/m0/s1. The molecule has 1 saturated heterocycles. The SMILES string of the molecule is C[C@@H]1C[C@H](C)[C@H](C(=O)N(Cc2ccsc2)c2cccnc2)O1. The average molecular weight is 316 g/mol. The molecule has 4 nitrogen and oxygen atoms in total. The largest absolute Gasteiger partial charge is 0.365 e. The lowest BCUT2D eigenvalue weighted by Crippen LogP contribution is -2.41. The Morgan fingerprint density at radius 1 is 1.45 bits per heavy atom. The van der Waals surface area contributed by atoms with E-state index in [4.69, 9.17) is 4.74 Å². The van der Waals surface area contributed by atoms with Crippen LogP contribution >= 0.6 is 11.3 Å². The molecule has 22 heavy (non-hydrogen) atoms. The number of carbonyl (C=O) groups is 1. The van der Waals surface area contributed by atoms with Crippen LogP contribution in [0, 0.1) is 5.92 Å². The Labute approximate surface area is 134 Å². The van der Waals surface area contributed by atoms with Crippen LogP contribution < -0.4 is 4.90 Å². The van der Waals surface area contributed by atoms with Gasteiger partial charge in [0.15, 0.2) is 0 Å². The van der Waals surface area contributed by atoms with Crippen molar-refractivity contribution in [1.29, 1.82) is 0 Å². The lowest BCUT2D eigenvalue weighted by molar-refractivity contribution is -0.130. The number of rotatable bonds is 4. The number of thiophene rings is 1. The number of pyridine rings is 1. The molecule has 2 aromatic heterocycles. The molecule has 0 N–H and O–H groups in total. The second-order valence-corrected chi connectivity index (χ2v) is 6.63. The summed E-state index contributed by atoms with van der Waals surface area (Å²) in [5, 5.41) is 4.09. The van der Waals surface area contributed by atoms with E-state index in [-0.39, 0.29) is 24.0 Å². The van der Waals surface area contributed by atoms with E-state index >= 15 is 0 Å². The predicted molar refractivity (Wildman–Crippen MR) is 87.9 cm³/mol. The van der Waals surface area contributed by atoms with Crippen molar-refractivity contribution < 1.29 is 9.53 Å². The molecule has 0 saturated carbocycles. The van der Waals surface area contributed by atoms with Crippen molar-refractivity contribution in [1.82, 2.24) is 4.98 Å². The first kappa shape index (κ1) is 15.2. The van der Waals surface area contributed by atoms with Crippen LogP contribution in [0.4, 0.5) is 5.69 Å². The van der Waals surface area contributed by atoms with Gasteiger partial charge in [0.05, 0.1) is 24.5 Å². The molecule has 1 amide bonds. The predicted octanol–water partition coefficient (Wildman–Crippen LogP) is 3.49. The van der Waals surface area contributed by atoms with Crippen LogP contribution in [0.1, 0.15) is 25.8 Å². The Morgan fingerprint density at radius 3 is 2.91 bits per heavy atom. The van der Waals surface area contributed by atoms with Gasteiger partial charge in [-0.05, 0) is 53.8 Å². The molecule has 1 aliphatic rings. The highest BCUT2D eigenvalue weighted by atomic mass is 32.1. The summed E-state index contributed by atoms with van der Waals surface area (Å²) in [7, 11) is 0. The van der Waals surface area contributed by atoms with E-state index in [0.29, 0.717) is 6.54 Å². The number of hydrogen-bond acceptors (Lipinski definition) is 4. The van der Waals surface area contributed by atoms with Crippen LogP contribution in [-0.4, -0.2) is 23.1 Å². The van der Waals surface area contributed by atoms with Gasteiger partial charge in [0, 0.05) is 6.20 Å². The van der Waals surface area contributed by atoms with E-state index in [9.17, 15) is 4.79 Å². The minimum atomic E-state index is -0.367. The minimum absolute atomic E-state index is 0.0241. The molecule has 3 heterocycles. The van der Waals surface area contributed by atoms with Gasteiger partial charge < -0.3 is 9.64 Å². The van der Waals surface area contributed by atoms with Crippen LogP contribution in [0.2, 0.25) is 0 Å². The van der Waals surface area contributed by atoms with Crippen LogP contribution in [-0.2, 0) is 16.1 Å². The number of ether oxygens (including phenoxy) is 1. The topological polar surface area (TPSA) is 42.4 Å². The van der Waals surface area contributed by atoms with Crippen molar-refractivity contribution in [2.75, 3.05) is 4.90 Å². The Balaban J connectivity index is 1.86. The van der Waals surface area contributed by atoms with E-state index < -0.39 is 0 Å². The van der Waals surface area contributed by atoms with E-state index in [2.05, 4.69) is 17.3 Å². The lowest BCUT2D eigenvalue weighted by atomic mass is 10.0. The summed E-state index contributed by atoms with van der Waals surface area (Å²) in [6.45, 7) is 4.66. The fourth-order valence-electron chi connectivity index (χ4n) is 2.92.